The van der Waals surface area contributed by atoms with E-state index in [-0.39, 0.29) is 0 Å². The summed E-state index contributed by atoms with van der Waals surface area (Å²) in [6, 6.07) is 17.9. The van der Waals surface area contributed by atoms with Crippen LogP contribution < -0.4 is 11.5 Å². The zero-order chi connectivity index (χ0) is 13.4. The Balaban J connectivity index is 0.000000180. The van der Waals surface area contributed by atoms with Gasteiger partial charge < -0.3 is 11.5 Å². The Morgan fingerprint density at radius 1 is 0.667 bits per heavy atom. The van der Waals surface area contributed by atoms with Crippen LogP contribution in [0.15, 0.2) is 48.5 Å². The van der Waals surface area contributed by atoms with Crippen molar-refractivity contribution in [3.63, 3.8) is 0 Å². The van der Waals surface area contributed by atoms with Crippen molar-refractivity contribution in [3.8, 4) is 12.1 Å². The van der Waals surface area contributed by atoms with Crippen LogP contribution in [0.25, 0.3) is 0 Å². The van der Waals surface area contributed by atoms with E-state index < -0.39 is 0 Å². The van der Waals surface area contributed by atoms with Gasteiger partial charge in [-0.25, -0.2) is 0 Å². The Morgan fingerprint density at radius 3 is 1.22 bits per heavy atom. The molecule has 2 rings (SSSR count). The topological polar surface area (TPSA) is 99.6 Å². The number of hydrogen-bond donors (Lipinski definition) is 2. The van der Waals surface area contributed by atoms with Crippen molar-refractivity contribution in [2.24, 2.45) is 0 Å². The lowest BCUT2D eigenvalue weighted by Crippen LogP contribution is -1.87. The highest BCUT2D eigenvalue weighted by molar-refractivity contribution is 5.53. The number of nitrogens with zero attached hydrogens (tertiary/aromatic N) is 2. The molecule has 0 aliphatic rings. The van der Waals surface area contributed by atoms with Gasteiger partial charge in [-0.15, -0.1) is 0 Å². The lowest BCUT2D eigenvalue weighted by molar-refractivity contribution is 1.48. The van der Waals surface area contributed by atoms with E-state index in [1.165, 1.54) is 0 Å². The van der Waals surface area contributed by atoms with Gasteiger partial charge in [-0.1, -0.05) is 24.3 Å². The summed E-state index contributed by atoms with van der Waals surface area (Å²) in [7, 11) is 0. The highest BCUT2D eigenvalue weighted by atomic mass is 14.6. The van der Waals surface area contributed by atoms with E-state index in [1.54, 1.807) is 48.5 Å². The first kappa shape index (κ1) is 13.1. The fourth-order valence-electron chi connectivity index (χ4n) is 1.20. The molecule has 2 aromatic carbocycles. The van der Waals surface area contributed by atoms with Crippen LogP contribution in [-0.4, -0.2) is 0 Å². The molecule has 18 heavy (non-hydrogen) atoms. The SMILES string of the molecule is N#Cc1ccccc1N.N#Cc1ccccc1N. The lowest BCUT2D eigenvalue weighted by Gasteiger charge is -1.91. The van der Waals surface area contributed by atoms with Crippen molar-refractivity contribution < 1.29 is 0 Å². The zero-order valence-electron chi connectivity index (χ0n) is 9.67. The second-order valence-corrected chi connectivity index (χ2v) is 3.40. The third kappa shape index (κ3) is 3.55. The maximum absolute atomic E-state index is 8.39. The van der Waals surface area contributed by atoms with Crippen molar-refractivity contribution in [2.75, 3.05) is 11.5 Å². The standard InChI is InChI=1S/2C7H6N2/c2*8-5-6-3-1-2-4-7(6)9/h2*1-4H,9H2. The summed E-state index contributed by atoms with van der Waals surface area (Å²) in [5.41, 5.74) is 13.0. The van der Waals surface area contributed by atoms with Gasteiger partial charge in [-0.05, 0) is 24.3 Å². The van der Waals surface area contributed by atoms with E-state index in [9.17, 15) is 0 Å². The summed E-state index contributed by atoms with van der Waals surface area (Å²) in [4.78, 5) is 0. The van der Waals surface area contributed by atoms with E-state index in [1.807, 2.05) is 12.1 Å². The molecule has 0 fully saturated rings. The highest BCUT2D eigenvalue weighted by Gasteiger charge is 1.91. The van der Waals surface area contributed by atoms with E-state index >= 15 is 0 Å². The number of rotatable bonds is 0. The van der Waals surface area contributed by atoms with E-state index in [0.717, 1.165) is 0 Å². The number of nitrogen functional groups attached to an aromatic ring is 2. The van der Waals surface area contributed by atoms with Crippen LogP contribution in [0.4, 0.5) is 11.4 Å². The number of para-hydroxylation sites is 2. The number of nitriles is 2. The van der Waals surface area contributed by atoms with Crippen molar-refractivity contribution in [2.45, 2.75) is 0 Å². The van der Waals surface area contributed by atoms with Gasteiger partial charge >= 0.3 is 0 Å². The Labute approximate surface area is 106 Å². The molecule has 0 unspecified atom stereocenters. The van der Waals surface area contributed by atoms with E-state index in [0.29, 0.717) is 22.5 Å². The second kappa shape index (κ2) is 6.57. The molecule has 88 valence electrons. The molecule has 0 saturated carbocycles. The fraction of sp³-hybridized carbons (Fsp3) is 0. The van der Waals surface area contributed by atoms with Gasteiger partial charge in [0.25, 0.3) is 0 Å². The predicted octanol–water partition coefficient (Wildman–Crippen LogP) is 2.28. The largest absolute Gasteiger partial charge is 0.398 e. The molecular formula is C14H12N4. The zero-order valence-corrected chi connectivity index (χ0v) is 9.67. The molecule has 0 aliphatic carbocycles. The Morgan fingerprint density at radius 2 is 1.00 bits per heavy atom. The number of anilines is 2. The van der Waals surface area contributed by atoms with Crippen LogP contribution in [0, 0.1) is 22.7 Å². The molecule has 0 atom stereocenters. The van der Waals surface area contributed by atoms with E-state index in [4.69, 9.17) is 22.0 Å². The molecular weight excluding hydrogens is 224 g/mol. The minimum Gasteiger partial charge on any atom is -0.398 e. The summed E-state index contributed by atoms with van der Waals surface area (Å²) in [6.07, 6.45) is 0. The van der Waals surface area contributed by atoms with Crippen LogP contribution >= 0.6 is 0 Å². The number of nitrogens with two attached hydrogens (primary N) is 2. The summed E-state index contributed by atoms with van der Waals surface area (Å²) in [5.74, 6) is 0. The highest BCUT2D eigenvalue weighted by Crippen LogP contribution is 2.07. The summed E-state index contributed by atoms with van der Waals surface area (Å²) in [6.45, 7) is 0. The molecule has 4 nitrogen and oxygen atoms in total. The first-order chi connectivity index (χ1) is 8.69. The van der Waals surface area contributed by atoms with Crippen LogP contribution in [-0.2, 0) is 0 Å². The molecule has 4 heteroatoms. The van der Waals surface area contributed by atoms with Gasteiger partial charge in [0, 0.05) is 11.4 Å². The molecule has 4 N–H and O–H groups in total. The summed E-state index contributed by atoms with van der Waals surface area (Å²) >= 11 is 0. The van der Waals surface area contributed by atoms with Gasteiger partial charge in [-0.3, -0.25) is 0 Å². The van der Waals surface area contributed by atoms with Crippen LogP contribution in [0.1, 0.15) is 11.1 Å². The van der Waals surface area contributed by atoms with Crippen LogP contribution in [0.5, 0.6) is 0 Å². The van der Waals surface area contributed by atoms with Gasteiger partial charge in [0.15, 0.2) is 0 Å². The van der Waals surface area contributed by atoms with Crippen LogP contribution in [0.3, 0.4) is 0 Å². The first-order valence-corrected chi connectivity index (χ1v) is 5.18. The van der Waals surface area contributed by atoms with Gasteiger partial charge in [-0.2, -0.15) is 10.5 Å². The quantitative estimate of drug-likeness (QED) is 0.685. The minimum absolute atomic E-state index is 0.539. The lowest BCUT2D eigenvalue weighted by atomic mass is 10.2. The van der Waals surface area contributed by atoms with Gasteiger partial charge in [0.2, 0.25) is 0 Å². The third-order valence-corrected chi connectivity index (χ3v) is 2.16. The molecule has 2 aromatic rings. The number of hydrogen-bond acceptors (Lipinski definition) is 4. The second-order valence-electron chi connectivity index (χ2n) is 3.40. The molecule has 0 saturated heterocycles. The summed E-state index contributed by atoms with van der Waals surface area (Å²) in [5, 5.41) is 16.8. The average Bonchev–Trinajstić information content (AvgIpc) is 2.41. The molecule has 0 aliphatic heterocycles. The van der Waals surface area contributed by atoms with Gasteiger partial charge in [0.1, 0.15) is 12.1 Å². The van der Waals surface area contributed by atoms with Crippen molar-refractivity contribution in [3.05, 3.63) is 59.7 Å². The Kier molecular flexibility index (Phi) is 4.78. The van der Waals surface area contributed by atoms with Crippen LogP contribution in [0.2, 0.25) is 0 Å². The van der Waals surface area contributed by atoms with E-state index in [2.05, 4.69) is 0 Å². The first-order valence-electron chi connectivity index (χ1n) is 5.18. The molecule has 0 aromatic heterocycles. The molecule has 0 amide bonds. The normalized spacial score (nSPS) is 8.33. The van der Waals surface area contributed by atoms with Crippen molar-refractivity contribution >= 4 is 11.4 Å². The Hall–Kier alpha value is -2.98. The number of benzene rings is 2. The molecule has 0 radical (unpaired) electrons. The van der Waals surface area contributed by atoms with Crippen molar-refractivity contribution in [1.29, 1.82) is 10.5 Å². The fourth-order valence-corrected chi connectivity index (χ4v) is 1.20. The monoisotopic (exact) mass is 236 g/mol. The molecule has 0 spiro atoms. The maximum atomic E-state index is 8.39. The smallest absolute Gasteiger partial charge is 0.101 e. The van der Waals surface area contributed by atoms with Gasteiger partial charge in [0.05, 0.1) is 11.1 Å². The van der Waals surface area contributed by atoms with Crippen molar-refractivity contribution in [1.82, 2.24) is 0 Å². The third-order valence-electron chi connectivity index (χ3n) is 2.16. The maximum Gasteiger partial charge on any atom is 0.101 e. The predicted molar refractivity (Wildman–Crippen MR) is 71.1 cm³/mol. The Bertz CT molecular complexity index is 550. The average molecular weight is 236 g/mol. The summed E-state index contributed by atoms with van der Waals surface area (Å²) < 4.78 is 0. The molecule has 0 bridgehead atoms. The molecule has 0 heterocycles. The minimum atomic E-state index is 0.539.